The molecule has 0 atom stereocenters. The van der Waals surface area contributed by atoms with Gasteiger partial charge < -0.3 is 5.32 Å². The molecule has 0 radical (unpaired) electrons. The summed E-state index contributed by atoms with van der Waals surface area (Å²) in [6.45, 7) is 0.376. The van der Waals surface area contributed by atoms with E-state index in [0.29, 0.717) is 6.54 Å². The summed E-state index contributed by atoms with van der Waals surface area (Å²) in [6, 6.07) is 9.07. The highest BCUT2D eigenvalue weighted by molar-refractivity contribution is 8.00. The molecule has 6 nitrogen and oxygen atoms in total. The van der Waals surface area contributed by atoms with Crippen molar-refractivity contribution >= 4 is 45.3 Å². The van der Waals surface area contributed by atoms with Gasteiger partial charge in [0.25, 0.3) is 0 Å². The van der Waals surface area contributed by atoms with Crippen molar-refractivity contribution in [2.45, 2.75) is 37.3 Å². The predicted octanol–water partition coefficient (Wildman–Crippen LogP) is 3.69. The SMILES string of the molecule is O=C(CSc1ncnc2sc3c(c12)CCCC3)NC(=O)NCc1ccccc1. The van der Waals surface area contributed by atoms with Gasteiger partial charge in [0.1, 0.15) is 16.2 Å². The van der Waals surface area contributed by atoms with Crippen LogP contribution in [0.5, 0.6) is 0 Å². The first-order valence-corrected chi connectivity index (χ1v) is 11.0. The van der Waals surface area contributed by atoms with Crippen LogP contribution in [0.3, 0.4) is 0 Å². The Hall–Kier alpha value is -2.45. The van der Waals surface area contributed by atoms with E-state index in [2.05, 4.69) is 20.6 Å². The summed E-state index contributed by atoms with van der Waals surface area (Å²) in [5.74, 6) is -0.207. The molecule has 144 valence electrons. The summed E-state index contributed by atoms with van der Waals surface area (Å²) in [6.07, 6.45) is 6.10. The van der Waals surface area contributed by atoms with E-state index in [1.807, 2.05) is 30.3 Å². The standard InChI is InChI=1S/C20H20N4O2S2/c25-16(24-20(26)21-10-13-6-2-1-3-7-13)11-27-18-17-14-8-4-5-9-15(14)28-19(17)23-12-22-18/h1-3,6-7,12H,4-5,8-11H2,(H2,21,24,25,26). The molecule has 0 unspecified atom stereocenters. The van der Waals surface area contributed by atoms with Crippen molar-refractivity contribution in [2.75, 3.05) is 5.75 Å². The molecule has 0 fully saturated rings. The Bertz CT molecular complexity index is 1000. The number of benzene rings is 1. The highest BCUT2D eigenvalue weighted by Crippen LogP contribution is 2.39. The van der Waals surface area contributed by atoms with Crippen molar-refractivity contribution in [1.82, 2.24) is 20.6 Å². The lowest BCUT2D eigenvalue weighted by atomic mass is 9.97. The van der Waals surface area contributed by atoms with Crippen LogP contribution >= 0.6 is 23.1 Å². The largest absolute Gasteiger partial charge is 0.334 e. The Labute approximate surface area is 171 Å². The van der Waals surface area contributed by atoms with E-state index in [1.165, 1.54) is 35.0 Å². The smallest absolute Gasteiger partial charge is 0.321 e. The number of fused-ring (bicyclic) bond motifs is 3. The third kappa shape index (κ3) is 4.34. The molecule has 1 aliphatic rings. The maximum absolute atomic E-state index is 12.2. The number of aryl methyl sites for hydroxylation is 2. The van der Waals surface area contributed by atoms with Crippen LogP contribution in [-0.4, -0.2) is 27.7 Å². The normalized spacial score (nSPS) is 13.1. The highest BCUT2D eigenvalue weighted by atomic mass is 32.2. The number of hydrogen-bond donors (Lipinski definition) is 2. The number of imide groups is 1. The van der Waals surface area contributed by atoms with Crippen LogP contribution < -0.4 is 10.6 Å². The summed E-state index contributed by atoms with van der Waals surface area (Å²) in [5.41, 5.74) is 2.32. The van der Waals surface area contributed by atoms with Gasteiger partial charge in [-0.15, -0.1) is 11.3 Å². The third-order valence-corrected chi connectivity index (χ3v) is 6.79. The number of rotatable bonds is 5. The average Bonchev–Trinajstić information content (AvgIpc) is 3.11. The number of nitrogens with zero attached hydrogens (tertiary/aromatic N) is 2. The van der Waals surface area contributed by atoms with Gasteiger partial charge in [-0.1, -0.05) is 42.1 Å². The molecule has 0 saturated heterocycles. The molecule has 1 aliphatic carbocycles. The molecule has 3 aromatic rings. The van der Waals surface area contributed by atoms with Gasteiger partial charge in [0.05, 0.1) is 5.75 Å². The van der Waals surface area contributed by atoms with Crippen molar-refractivity contribution in [2.24, 2.45) is 0 Å². The van der Waals surface area contributed by atoms with Crippen LogP contribution in [0, 0.1) is 0 Å². The predicted molar refractivity (Wildman–Crippen MR) is 112 cm³/mol. The molecule has 4 rings (SSSR count). The first-order chi connectivity index (χ1) is 13.7. The van der Waals surface area contributed by atoms with E-state index in [0.717, 1.165) is 33.6 Å². The Morgan fingerprint density at radius 1 is 1.11 bits per heavy atom. The molecule has 28 heavy (non-hydrogen) atoms. The van der Waals surface area contributed by atoms with Gasteiger partial charge in [0.15, 0.2) is 0 Å². The number of nitrogens with one attached hydrogen (secondary N) is 2. The number of thioether (sulfide) groups is 1. The molecule has 1 aromatic carbocycles. The van der Waals surface area contributed by atoms with E-state index < -0.39 is 6.03 Å². The number of urea groups is 1. The van der Waals surface area contributed by atoms with E-state index in [4.69, 9.17) is 0 Å². The topological polar surface area (TPSA) is 84.0 Å². The Balaban J connectivity index is 1.35. The number of carbonyl (C=O) groups is 2. The fourth-order valence-electron chi connectivity index (χ4n) is 3.29. The molecule has 3 amide bonds. The van der Waals surface area contributed by atoms with E-state index in [1.54, 1.807) is 17.7 Å². The molecule has 0 aliphatic heterocycles. The zero-order chi connectivity index (χ0) is 19.3. The summed E-state index contributed by atoms with van der Waals surface area (Å²) < 4.78 is 0. The molecule has 2 N–H and O–H groups in total. The minimum absolute atomic E-state index is 0.134. The van der Waals surface area contributed by atoms with Crippen LogP contribution in [0.2, 0.25) is 0 Å². The van der Waals surface area contributed by atoms with Gasteiger partial charge in [-0.3, -0.25) is 10.1 Å². The maximum Gasteiger partial charge on any atom is 0.321 e. The van der Waals surface area contributed by atoms with Crippen LogP contribution in [-0.2, 0) is 24.2 Å². The second-order valence-corrected chi connectivity index (χ2v) is 8.62. The monoisotopic (exact) mass is 412 g/mol. The third-order valence-electron chi connectivity index (χ3n) is 4.61. The summed E-state index contributed by atoms with van der Waals surface area (Å²) >= 11 is 3.09. The highest BCUT2D eigenvalue weighted by Gasteiger charge is 2.20. The molecule has 2 aromatic heterocycles. The molecule has 8 heteroatoms. The molecular weight excluding hydrogens is 392 g/mol. The van der Waals surface area contributed by atoms with Crippen molar-refractivity contribution in [3.63, 3.8) is 0 Å². The van der Waals surface area contributed by atoms with E-state index in [9.17, 15) is 9.59 Å². The van der Waals surface area contributed by atoms with Crippen LogP contribution in [0.15, 0.2) is 41.7 Å². The minimum atomic E-state index is -0.491. The lowest BCUT2D eigenvalue weighted by molar-refractivity contribution is -0.117. The number of thiophene rings is 1. The van der Waals surface area contributed by atoms with Crippen molar-refractivity contribution in [3.8, 4) is 0 Å². The van der Waals surface area contributed by atoms with Crippen molar-refractivity contribution < 1.29 is 9.59 Å². The quantitative estimate of drug-likeness (QED) is 0.493. The first kappa shape index (κ1) is 18.9. The fraction of sp³-hybridized carbons (Fsp3) is 0.300. The lowest BCUT2D eigenvalue weighted by Crippen LogP contribution is -2.39. The van der Waals surface area contributed by atoms with Crippen LogP contribution in [0.4, 0.5) is 4.79 Å². The van der Waals surface area contributed by atoms with Gasteiger partial charge in [-0.05, 0) is 36.8 Å². The molecule has 0 spiro atoms. The van der Waals surface area contributed by atoms with Gasteiger partial charge in [0, 0.05) is 16.8 Å². The minimum Gasteiger partial charge on any atom is -0.334 e. The Kier molecular flexibility index (Phi) is 5.87. The lowest BCUT2D eigenvalue weighted by Gasteiger charge is -2.11. The number of carbonyl (C=O) groups excluding carboxylic acids is 2. The summed E-state index contributed by atoms with van der Waals surface area (Å²) in [4.78, 5) is 35.3. The number of aromatic nitrogens is 2. The van der Waals surface area contributed by atoms with Gasteiger partial charge >= 0.3 is 6.03 Å². The van der Waals surface area contributed by atoms with Crippen molar-refractivity contribution in [3.05, 3.63) is 52.7 Å². The Morgan fingerprint density at radius 3 is 2.79 bits per heavy atom. The van der Waals surface area contributed by atoms with Gasteiger partial charge in [0.2, 0.25) is 5.91 Å². The van der Waals surface area contributed by atoms with Crippen LogP contribution in [0.25, 0.3) is 10.2 Å². The maximum atomic E-state index is 12.2. The zero-order valence-corrected chi connectivity index (χ0v) is 16.9. The molecule has 0 bridgehead atoms. The van der Waals surface area contributed by atoms with Gasteiger partial charge in [-0.2, -0.15) is 0 Å². The van der Waals surface area contributed by atoms with Gasteiger partial charge in [-0.25, -0.2) is 14.8 Å². The molecular formula is C20H20N4O2S2. The number of hydrogen-bond acceptors (Lipinski definition) is 6. The number of amides is 3. The fourth-order valence-corrected chi connectivity index (χ4v) is 5.41. The average molecular weight is 413 g/mol. The van der Waals surface area contributed by atoms with Crippen LogP contribution in [0.1, 0.15) is 28.8 Å². The second kappa shape index (κ2) is 8.70. The van der Waals surface area contributed by atoms with Crippen molar-refractivity contribution in [1.29, 1.82) is 0 Å². The first-order valence-electron chi connectivity index (χ1n) is 9.20. The second-order valence-electron chi connectivity index (χ2n) is 6.58. The molecule has 0 saturated carbocycles. The Morgan fingerprint density at radius 2 is 1.93 bits per heavy atom. The summed E-state index contributed by atoms with van der Waals surface area (Å²) in [5, 5.41) is 6.98. The van der Waals surface area contributed by atoms with E-state index in [-0.39, 0.29) is 11.7 Å². The summed E-state index contributed by atoms with van der Waals surface area (Å²) in [7, 11) is 0. The molecule has 2 heterocycles. The zero-order valence-electron chi connectivity index (χ0n) is 15.2. The van der Waals surface area contributed by atoms with E-state index >= 15 is 0 Å².